The van der Waals surface area contributed by atoms with Crippen molar-refractivity contribution in [3.63, 3.8) is 0 Å². The number of nitro benzene ring substituents is 2. The third kappa shape index (κ3) is 4.13. The first kappa shape index (κ1) is 23.3. The highest BCUT2D eigenvalue weighted by Crippen LogP contribution is 2.57. The van der Waals surface area contributed by atoms with Crippen LogP contribution in [0, 0.1) is 26.1 Å². The molecule has 0 bridgehead atoms. The Morgan fingerprint density at radius 2 is 1.88 bits per heavy atom. The minimum Gasteiger partial charge on any atom is -0.478 e. The van der Waals surface area contributed by atoms with E-state index < -0.39 is 27.1 Å². The molecule has 4 rings (SSSR count). The Labute approximate surface area is 198 Å². The van der Waals surface area contributed by atoms with Crippen LogP contribution in [-0.4, -0.2) is 37.6 Å². The van der Waals surface area contributed by atoms with Gasteiger partial charge in [0.15, 0.2) is 0 Å². The third-order valence-corrected chi connectivity index (χ3v) is 8.55. The van der Waals surface area contributed by atoms with Crippen molar-refractivity contribution in [1.29, 1.82) is 0 Å². The van der Waals surface area contributed by atoms with Crippen molar-refractivity contribution in [2.45, 2.75) is 53.7 Å². The van der Waals surface area contributed by atoms with Gasteiger partial charge in [-0.25, -0.2) is 4.79 Å². The molecule has 11 heteroatoms. The van der Waals surface area contributed by atoms with Crippen LogP contribution in [0.2, 0.25) is 0 Å². The number of carboxylic acids is 1. The number of thioether (sulfide) groups is 1. The van der Waals surface area contributed by atoms with Crippen molar-refractivity contribution >= 4 is 46.4 Å². The fourth-order valence-corrected chi connectivity index (χ4v) is 7.05. The first-order valence-corrected chi connectivity index (χ1v) is 11.9. The number of para-hydroxylation sites is 1. The number of nitrogens with one attached hydrogen (secondary N) is 1. The Morgan fingerprint density at radius 3 is 2.52 bits per heavy atom. The van der Waals surface area contributed by atoms with Gasteiger partial charge in [-0.2, -0.15) is 0 Å². The lowest BCUT2D eigenvalue weighted by Gasteiger charge is -2.38. The van der Waals surface area contributed by atoms with Gasteiger partial charge < -0.3 is 10.4 Å². The first-order valence-electron chi connectivity index (χ1n) is 10.6. The average Bonchev–Trinajstić information content (AvgIpc) is 3.09. The van der Waals surface area contributed by atoms with Crippen molar-refractivity contribution in [3.8, 4) is 0 Å². The van der Waals surface area contributed by atoms with Crippen LogP contribution in [0.4, 0.5) is 17.1 Å². The van der Waals surface area contributed by atoms with E-state index >= 15 is 0 Å². The second-order valence-electron chi connectivity index (χ2n) is 8.27. The third-order valence-electron chi connectivity index (χ3n) is 6.43. The van der Waals surface area contributed by atoms with Crippen LogP contribution in [0.15, 0.2) is 41.3 Å². The normalized spacial score (nSPS) is 25.6. The van der Waals surface area contributed by atoms with Crippen LogP contribution in [0.1, 0.15) is 48.0 Å². The maximum absolute atomic E-state index is 11.9. The minimum absolute atomic E-state index is 0.0102. The summed E-state index contributed by atoms with van der Waals surface area (Å²) >= 11 is 8.26. The Bertz CT molecular complexity index is 1130. The zero-order valence-corrected chi connectivity index (χ0v) is 19.2. The van der Waals surface area contributed by atoms with Crippen molar-refractivity contribution in [1.82, 2.24) is 0 Å². The quantitative estimate of drug-likeness (QED) is 0.287. The van der Waals surface area contributed by atoms with Crippen LogP contribution >= 0.6 is 23.4 Å². The molecular weight excluding hydrogens is 470 g/mol. The summed E-state index contributed by atoms with van der Waals surface area (Å²) in [6.45, 7) is 2.02. The number of nitro groups is 2. The lowest BCUT2D eigenvalue weighted by Crippen LogP contribution is -2.38. The molecule has 0 spiro atoms. The van der Waals surface area contributed by atoms with Crippen molar-refractivity contribution in [2.24, 2.45) is 5.92 Å². The summed E-state index contributed by atoms with van der Waals surface area (Å²) in [5, 5.41) is 35.5. The van der Waals surface area contributed by atoms with Crippen molar-refractivity contribution in [2.75, 3.05) is 5.32 Å². The molecule has 0 unspecified atom stereocenters. The number of aromatic carboxylic acids is 1. The standard InChI is InChI=1S/C22H22ClN3O6S/c1-2-5-13-12-10-17(33-16-7-4-3-6-14(16)25(29)30)20(23)18(12)19-15(26(31)32)9-8-11(22(27)28)21(19)24-13/h3-4,6-9,12-13,17-18,20,24H,2,5,10H2,1H3,(H,27,28)/t12-,13-,17+,18+,20+/m0/s1. The van der Waals surface area contributed by atoms with Gasteiger partial charge in [-0.1, -0.05) is 25.5 Å². The van der Waals surface area contributed by atoms with Gasteiger partial charge in [-0.15, -0.1) is 23.4 Å². The van der Waals surface area contributed by atoms with Gasteiger partial charge in [0, 0.05) is 29.3 Å². The molecule has 1 fully saturated rings. The first-order chi connectivity index (χ1) is 15.7. The van der Waals surface area contributed by atoms with Gasteiger partial charge in [0.2, 0.25) is 0 Å². The van der Waals surface area contributed by atoms with E-state index in [1.807, 2.05) is 6.92 Å². The Kier molecular flexibility index (Phi) is 6.49. The second kappa shape index (κ2) is 9.18. The molecule has 0 aromatic heterocycles. The number of alkyl halides is 1. The molecule has 0 radical (unpaired) electrons. The molecule has 1 heterocycles. The molecule has 174 valence electrons. The molecule has 2 N–H and O–H groups in total. The molecule has 2 aromatic rings. The van der Waals surface area contributed by atoms with Gasteiger partial charge in [0.25, 0.3) is 11.4 Å². The number of nitrogens with zero attached hydrogens (tertiary/aromatic N) is 2. The zero-order valence-electron chi connectivity index (χ0n) is 17.6. The lowest BCUT2D eigenvalue weighted by molar-refractivity contribution is -0.387. The number of rotatable bonds is 7. The highest BCUT2D eigenvalue weighted by molar-refractivity contribution is 8.00. The largest absolute Gasteiger partial charge is 0.478 e. The number of fused-ring (bicyclic) bond motifs is 3. The predicted octanol–water partition coefficient (Wildman–Crippen LogP) is 5.67. The summed E-state index contributed by atoms with van der Waals surface area (Å²) in [7, 11) is 0. The van der Waals surface area contributed by atoms with Crippen LogP contribution in [-0.2, 0) is 0 Å². The smallest absolute Gasteiger partial charge is 0.337 e. The summed E-state index contributed by atoms with van der Waals surface area (Å²) < 4.78 is 0. The van der Waals surface area contributed by atoms with E-state index in [1.54, 1.807) is 18.2 Å². The minimum atomic E-state index is -1.17. The summed E-state index contributed by atoms with van der Waals surface area (Å²) in [6.07, 6.45) is 2.18. The lowest BCUT2D eigenvalue weighted by atomic mass is 9.76. The molecule has 33 heavy (non-hydrogen) atoms. The molecule has 1 saturated carbocycles. The van der Waals surface area contributed by atoms with Crippen LogP contribution in [0.3, 0.4) is 0 Å². The second-order valence-corrected chi connectivity index (χ2v) is 10.1. The van der Waals surface area contributed by atoms with E-state index in [2.05, 4.69) is 5.32 Å². The number of hydrogen-bond acceptors (Lipinski definition) is 7. The van der Waals surface area contributed by atoms with E-state index in [1.165, 1.54) is 30.0 Å². The highest BCUT2D eigenvalue weighted by atomic mass is 35.5. The Balaban J connectivity index is 1.80. The number of benzene rings is 2. The summed E-state index contributed by atoms with van der Waals surface area (Å²) in [6, 6.07) is 8.82. The zero-order chi connectivity index (χ0) is 23.9. The Hall–Kier alpha value is -2.85. The number of carboxylic acid groups (broad SMARTS) is 1. The molecule has 2 aromatic carbocycles. The predicted molar refractivity (Wildman–Crippen MR) is 126 cm³/mol. The maximum Gasteiger partial charge on any atom is 0.337 e. The van der Waals surface area contributed by atoms with E-state index in [9.17, 15) is 30.1 Å². The maximum atomic E-state index is 11.9. The van der Waals surface area contributed by atoms with Gasteiger partial charge in [0.1, 0.15) is 0 Å². The fourth-order valence-electron chi connectivity index (χ4n) is 5.11. The number of anilines is 1. The SMILES string of the molecule is CCC[C@@H]1Nc2c(C(=O)O)ccc([N+](=O)[O-])c2[C@@H]2[C@H](Cl)[C@H](Sc3ccccc3[N+](=O)[O-])C[C@H]21. The molecule has 9 nitrogen and oxygen atoms in total. The molecular formula is C22H22ClN3O6S. The summed E-state index contributed by atoms with van der Waals surface area (Å²) in [4.78, 5) is 34.8. The monoisotopic (exact) mass is 491 g/mol. The van der Waals surface area contributed by atoms with E-state index in [-0.39, 0.29) is 39.8 Å². The molecule has 1 aliphatic carbocycles. The number of hydrogen-bond donors (Lipinski definition) is 2. The number of halogens is 1. The Morgan fingerprint density at radius 1 is 1.18 bits per heavy atom. The molecule has 1 aliphatic heterocycles. The topological polar surface area (TPSA) is 136 Å². The van der Waals surface area contributed by atoms with E-state index in [4.69, 9.17) is 11.6 Å². The summed E-state index contributed by atoms with van der Waals surface area (Å²) in [5.74, 6) is -1.68. The molecule has 2 aliphatic rings. The van der Waals surface area contributed by atoms with Crippen LogP contribution in [0.5, 0.6) is 0 Å². The molecule has 5 atom stereocenters. The van der Waals surface area contributed by atoms with Crippen LogP contribution in [0.25, 0.3) is 0 Å². The highest BCUT2D eigenvalue weighted by Gasteiger charge is 2.52. The van der Waals surface area contributed by atoms with Crippen molar-refractivity contribution in [3.05, 3.63) is 67.8 Å². The van der Waals surface area contributed by atoms with Gasteiger partial charge in [-0.3, -0.25) is 20.2 Å². The van der Waals surface area contributed by atoms with E-state index in [0.717, 1.165) is 12.8 Å². The van der Waals surface area contributed by atoms with Gasteiger partial charge in [-0.05, 0) is 30.9 Å². The number of carbonyl (C=O) groups is 1. The fraction of sp³-hybridized carbons (Fsp3) is 0.409. The van der Waals surface area contributed by atoms with Gasteiger partial charge in [0.05, 0.1) is 36.9 Å². The van der Waals surface area contributed by atoms with Crippen molar-refractivity contribution < 1.29 is 19.7 Å². The van der Waals surface area contributed by atoms with Gasteiger partial charge >= 0.3 is 5.97 Å². The van der Waals surface area contributed by atoms with E-state index in [0.29, 0.717) is 16.9 Å². The average molecular weight is 492 g/mol. The van der Waals surface area contributed by atoms with Crippen LogP contribution < -0.4 is 5.32 Å². The summed E-state index contributed by atoms with van der Waals surface area (Å²) in [5.41, 5.74) is 0.397. The molecule has 0 saturated heterocycles. The molecule has 0 amide bonds.